The normalized spacial score (nSPS) is 11.4. The van der Waals surface area contributed by atoms with Crippen LogP contribution in [0.1, 0.15) is 5.56 Å². The molecular formula is C12H9BrClFN2O2S. The minimum absolute atomic E-state index is 0.138. The molecule has 1 N–H and O–H groups in total. The van der Waals surface area contributed by atoms with E-state index in [9.17, 15) is 12.8 Å². The van der Waals surface area contributed by atoms with E-state index in [2.05, 4.69) is 25.6 Å². The molecule has 0 aliphatic rings. The van der Waals surface area contributed by atoms with Crippen LogP contribution in [0.15, 0.2) is 39.8 Å². The van der Waals surface area contributed by atoms with Gasteiger partial charge in [-0.1, -0.05) is 11.6 Å². The van der Waals surface area contributed by atoms with Crippen molar-refractivity contribution in [1.29, 1.82) is 0 Å². The predicted octanol–water partition coefficient (Wildman–Crippen LogP) is 3.75. The minimum atomic E-state index is -3.90. The molecule has 0 atom stereocenters. The Labute approximate surface area is 129 Å². The molecule has 0 aliphatic carbocycles. The standard InChI is InChI=1S/C12H9BrClFN2O2S/c1-7-4-9(15)2-3-10(7)17-20(18,19)11-5-8(13)6-16-12(11)14/h2-6,17H,1H3. The Kier molecular flexibility index (Phi) is 4.31. The second kappa shape index (κ2) is 5.67. The SMILES string of the molecule is Cc1cc(F)ccc1NS(=O)(=O)c1cc(Br)cnc1Cl. The highest BCUT2D eigenvalue weighted by Crippen LogP contribution is 2.26. The van der Waals surface area contributed by atoms with Gasteiger partial charge in [-0.2, -0.15) is 0 Å². The molecule has 0 bridgehead atoms. The largest absolute Gasteiger partial charge is 0.279 e. The number of aromatic nitrogens is 1. The lowest BCUT2D eigenvalue weighted by molar-refractivity contribution is 0.600. The zero-order valence-corrected chi connectivity index (χ0v) is 13.4. The van der Waals surface area contributed by atoms with Crippen LogP contribution < -0.4 is 4.72 Å². The molecular weight excluding hydrogens is 371 g/mol. The first-order chi connectivity index (χ1) is 9.29. The van der Waals surface area contributed by atoms with Gasteiger partial charge in [0.1, 0.15) is 15.9 Å². The van der Waals surface area contributed by atoms with Crippen molar-refractivity contribution in [2.24, 2.45) is 0 Å². The Morgan fingerprint density at radius 3 is 2.70 bits per heavy atom. The number of nitrogens with one attached hydrogen (secondary N) is 1. The molecule has 1 heterocycles. The Bertz CT molecular complexity index is 768. The van der Waals surface area contributed by atoms with Gasteiger partial charge in [0.05, 0.1) is 5.69 Å². The third-order valence-electron chi connectivity index (χ3n) is 2.50. The molecule has 8 heteroatoms. The Morgan fingerprint density at radius 2 is 2.05 bits per heavy atom. The number of sulfonamides is 1. The Hall–Kier alpha value is -1.18. The van der Waals surface area contributed by atoms with Crippen molar-refractivity contribution in [3.05, 3.63) is 51.5 Å². The van der Waals surface area contributed by atoms with Crippen molar-refractivity contribution in [3.8, 4) is 0 Å². The zero-order valence-electron chi connectivity index (χ0n) is 10.2. The van der Waals surface area contributed by atoms with Crippen molar-refractivity contribution < 1.29 is 12.8 Å². The highest BCUT2D eigenvalue weighted by Gasteiger charge is 2.20. The third kappa shape index (κ3) is 3.28. The molecule has 2 rings (SSSR count). The smallest absolute Gasteiger partial charge is 0.265 e. The average molecular weight is 380 g/mol. The molecule has 2 aromatic rings. The van der Waals surface area contributed by atoms with E-state index in [-0.39, 0.29) is 15.7 Å². The van der Waals surface area contributed by atoms with E-state index in [0.717, 1.165) is 0 Å². The maximum Gasteiger partial charge on any atom is 0.265 e. The second-order valence-corrected chi connectivity index (χ2v) is 6.93. The lowest BCUT2D eigenvalue weighted by Crippen LogP contribution is -2.14. The van der Waals surface area contributed by atoms with Gasteiger partial charge in [-0.05, 0) is 52.7 Å². The summed E-state index contributed by atoms with van der Waals surface area (Å²) in [5.74, 6) is -0.437. The molecule has 1 aromatic heterocycles. The topological polar surface area (TPSA) is 59.1 Å². The first kappa shape index (κ1) is 15.2. The number of anilines is 1. The van der Waals surface area contributed by atoms with Gasteiger partial charge in [0.2, 0.25) is 0 Å². The predicted molar refractivity (Wildman–Crippen MR) is 78.9 cm³/mol. The number of hydrogen-bond donors (Lipinski definition) is 1. The van der Waals surface area contributed by atoms with E-state index in [0.29, 0.717) is 10.0 Å². The van der Waals surface area contributed by atoms with E-state index in [1.807, 2.05) is 0 Å². The van der Waals surface area contributed by atoms with E-state index in [4.69, 9.17) is 11.6 Å². The fourth-order valence-electron chi connectivity index (χ4n) is 1.53. The summed E-state index contributed by atoms with van der Waals surface area (Å²) in [6.07, 6.45) is 1.39. The molecule has 1 aromatic carbocycles. The molecule has 0 amide bonds. The maximum absolute atomic E-state index is 13.0. The molecule has 0 spiro atoms. The summed E-state index contributed by atoms with van der Waals surface area (Å²) in [6, 6.07) is 5.10. The van der Waals surface area contributed by atoms with Gasteiger partial charge in [0.15, 0.2) is 0 Å². The van der Waals surface area contributed by atoms with Gasteiger partial charge in [0.25, 0.3) is 10.0 Å². The van der Waals surface area contributed by atoms with E-state index < -0.39 is 15.8 Å². The van der Waals surface area contributed by atoms with Gasteiger partial charge >= 0.3 is 0 Å². The van der Waals surface area contributed by atoms with Crippen molar-refractivity contribution in [2.45, 2.75) is 11.8 Å². The summed E-state index contributed by atoms with van der Waals surface area (Å²) in [7, 11) is -3.90. The fourth-order valence-corrected chi connectivity index (χ4v) is 3.61. The van der Waals surface area contributed by atoms with Crippen molar-refractivity contribution in [2.75, 3.05) is 4.72 Å². The summed E-state index contributed by atoms with van der Waals surface area (Å²) in [5, 5.41) is -0.138. The lowest BCUT2D eigenvalue weighted by atomic mass is 10.2. The van der Waals surface area contributed by atoms with Crippen molar-refractivity contribution >= 4 is 43.2 Å². The fraction of sp³-hybridized carbons (Fsp3) is 0.0833. The van der Waals surface area contributed by atoms with Crippen LogP contribution in [0.2, 0.25) is 5.15 Å². The Morgan fingerprint density at radius 1 is 1.35 bits per heavy atom. The molecule has 0 radical (unpaired) electrons. The molecule has 0 aliphatic heterocycles. The van der Waals surface area contributed by atoms with Gasteiger partial charge in [0, 0.05) is 10.7 Å². The number of nitrogens with zero attached hydrogens (tertiary/aromatic N) is 1. The van der Waals surface area contributed by atoms with Crippen LogP contribution in [-0.2, 0) is 10.0 Å². The highest BCUT2D eigenvalue weighted by molar-refractivity contribution is 9.10. The van der Waals surface area contributed by atoms with Crippen LogP contribution in [0.25, 0.3) is 0 Å². The Balaban J connectivity index is 2.43. The average Bonchev–Trinajstić information content (AvgIpc) is 2.35. The van der Waals surface area contributed by atoms with E-state index >= 15 is 0 Å². The van der Waals surface area contributed by atoms with Crippen molar-refractivity contribution in [3.63, 3.8) is 0 Å². The number of benzene rings is 1. The summed E-state index contributed by atoms with van der Waals surface area (Å²) in [4.78, 5) is 3.61. The molecule has 0 saturated carbocycles. The van der Waals surface area contributed by atoms with Gasteiger partial charge in [-0.3, -0.25) is 4.72 Å². The van der Waals surface area contributed by atoms with Crippen LogP contribution in [0.3, 0.4) is 0 Å². The summed E-state index contributed by atoms with van der Waals surface area (Å²) < 4.78 is 40.4. The quantitative estimate of drug-likeness (QED) is 0.826. The van der Waals surface area contributed by atoms with Crippen LogP contribution in [-0.4, -0.2) is 13.4 Å². The zero-order chi connectivity index (χ0) is 14.9. The highest BCUT2D eigenvalue weighted by atomic mass is 79.9. The maximum atomic E-state index is 13.0. The van der Waals surface area contributed by atoms with Crippen molar-refractivity contribution in [1.82, 2.24) is 4.98 Å². The number of pyridine rings is 1. The van der Waals surface area contributed by atoms with Crippen LogP contribution >= 0.6 is 27.5 Å². The van der Waals surface area contributed by atoms with Crippen LogP contribution in [0.5, 0.6) is 0 Å². The monoisotopic (exact) mass is 378 g/mol. The molecule has 0 unspecified atom stereocenters. The number of hydrogen-bond acceptors (Lipinski definition) is 3. The second-order valence-electron chi connectivity index (χ2n) is 4.01. The van der Waals surface area contributed by atoms with Gasteiger partial charge in [-0.15, -0.1) is 0 Å². The number of rotatable bonds is 3. The molecule has 4 nitrogen and oxygen atoms in total. The van der Waals surface area contributed by atoms with Gasteiger partial charge in [-0.25, -0.2) is 17.8 Å². The first-order valence-electron chi connectivity index (χ1n) is 5.39. The molecule has 0 saturated heterocycles. The van der Waals surface area contributed by atoms with E-state index in [1.165, 1.54) is 30.5 Å². The summed E-state index contributed by atoms with van der Waals surface area (Å²) >= 11 is 8.94. The summed E-state index contributed by atoms with van der Waals surface area (Å²) in [6.45, 7) is 1.60. The van der Waals surface area contributed by atoms with Crippen LogP contribution in [0.4, 0.5) is 10.1 Å². The summed E-state index contributed by atoms with van der Waals surface area (Å²) in [5.41, 5.74) is 0.745. The minimum Gasteiger partial charge on any atom is -0.279 e. The molecule has 0 fully saturated rings. The first-order valence-corrected chi connectivity index (χ1v) is 8.05. The number of halogens is 3. The third-order valence-corrected chi connectivity index (χ3v) is 4.72. The number of aryl methyl sites for hydroxylation is 1. The molecule has 20 heavy (non-hydrogen) atoms. The lowest BCUT2D eigenvalue weighted by Gasteiger charge is -2.11. The van der Waals surface area contributed by atoms with Crippen LogP contribution in [0, 0.1) is 12.7 Å². The molecule has 106 valence electrons. The van der Waals surface area contributed by atoms with Gasteiger partial charge < -0.3 is 0 Å². The van der Waals surface area contributed by atoms with E-state index in [1.54, 1.807) is 6.92 Å².